The second-order valence-electron chi connectivity index (χ2n) is 6.13. The third-order valence-corrected chi connectivity index (χ3v) is 5.27. The highest BCUT2D eigenvalue weighted by Gasteiger charge is 2.30. The van der Waals surface area contributed by atoms with Crippen LogP contribution in [0.25, 0.3) is 5.57 Å². The lowest BCUT2D eigenvalue weighted by molar-refractivity contribution is -0.0881. The highest BCUT2D eigenvalue weighted by Crippen LogP contribution is 2.35. The van der Waals surface area contributed by atoms with Crippen LogP contribution in [0.4, 0.5) is 13.2 Å². The molecule has 2 rings (SSSR count). The van der Waals surface area contributed by atoms with Crippen LogP contribution in [0.3, 0.4) is 0 Å². The molecule has 0 unspecified atom stereocenters. The molecule has 140 valence electrons. The van der Waals surface area contributed by atoms with Gasteiger partial charge >= 0.3 is 6.18 Å². The summed E-state index contributed by atoms with van der Waals surface area (Å²) in [5.41, 5.74) is 2.24. The Morgan fingerprint density at radius 1 is 1.12 bits per heavy atom. The summed E-state index contributed by atoms with van der Waals surface area (Å²) in [6.45, 7) is 1.54. The van der Waals surface area contributed by atoms with Gasteiger partial charge in [-0.2, -0.15) is 13.2 Å². The zero-order valence-electron chi connectivity index (χ0n) is 14.7. The highest BCUT2D eigenvalue weighted by molar-refractivity contribution is 7.90. The predicted molar refractivity (Wildman–Crippen MR) is 98.4 cm³/mol. The topological polar surface area (TPSA) is 34.1 Å². The van der Waals surface area contributed by atoms with Crippen LogP contribution in [-0.2, 0) is 9.84 Å². The second-order valence-corrected chi connectivity index (χ2v) is 8.15. The summed E-state index contributed by atoms with van der Waals surface area (Å²) in [4.78, 5) is 0.251. The van der Waals surface area contributed by atoms with Gasteiger partial charge in [0.15, 0.2) is 9.84 Å². The van der Waals surface area contributed by atoms with Crippen LogP contribution in [0.1, 0.15) is 31.7 Å². The van der Waals surface area contributed by atoms with Crippen LogP contribution >= 0.6 is 0 Å². The molecule has 0 N–H and O–H groups in total. The number of hydrogen-bond donors (Lipinski definition) is 0. The molecular formula is C20H21F3O2S. The van der Waals surface area contributed by atoms with Crippen molar-refractivity contribution in [2.75, 3.05) is 6.26 Å². The Bertz CT molecular complexity index is 869. The molecule has 0 radical (unpaired) electrons. The van der Waals surface area contributed by atoms with E-state index in [1.807, 2.05) is 0 Å². The Kier molecular flexibility index (Phi) is 6.29. The molecule has 0 saturated heterocycles. The fraction of sp³-hybridized carbons (Fsp3) is 0.300. The molecule has 1 aliphatic carbocycles. The molecule has 0 bridgehead atoms. The van der Waals surface area contributed by atoms with E-state index < -0.39 is 21.6 Å². The molecule has 0 amide bonds. The molecule has 0 atom stereocenters. The largest absolute Gasteiger partial charge is 0.416 e. The average molecular weight is 382 g/mol. The third kappa shape index (κ3) is 5.21. The molecule has 2 nitrogen and oxygen atoms in total. The third-order valence-electron chi connectivity index (χ3n) is 4.14. The maximum absolute atomic E-state index is 12.9. The Hall–Kier alpha value is -2.08. The summed E-state index contributed by atoms with van der Waals surface area (Å²) in [7, 11) is -3.25. The number of benzene rings is 1. The molecule has 0 aromatic heterocycles. The van der Waals surface area contributed by atoms with E-state index in [1.54, 1.807) is 37.3 Å². The van der Waals surface area contributed by atoms with E-state index in [2.05, 4.69) is 0 Å². The van der Waals surface area contributed by atoms with Gasteiger partial charge in [-0.15, -0.1) is 0 Å². The number of hydrogen-bond acceptors (Lipinski definition) is 2. The number of sulfone groups is 1. The van der Waals surface area contributed by atoms with Crippen molar-refractivity contribution in [2.24, 2.45) is 0 Å². The normalized spacial score (nSPS) is 17.0. The smallest absolute Gasteiger partial charge is 0.224 e. The first-order valence-corrected chi connectivity index (χ1v) is 10.1. The van der Waals surface area contributed by atoms with Crippen LogP contribution in [-0.4, -0.2) is 20.8 Å². The van der Waals surface area contributed by atoms with Gasteiger partial charge < -0.3 is 0 Å². The molecule has 1 aromatic carbocycles. The fourth-order valence-electron chi connectivity index (χ4n) is 2.88. The van der Waals surface area contributed by atoms with E-state index in [9.17, 15) is 21.6 Å². The van der Waals surface area contributed by atoms with Gasteiger partial charge in [0.2, 0.25) is 0 Å². The van der Waals surface area contributed by atoms with E-state index in [0.29, 0.717) is 0 Å². The summed E-state index contributed by atoms with van der Waals surface area (Å²) in [6.07, 6.45) is 5.90. The molecule has 0 fully saturated rings. The number of allylic oxidation sites excluding steroid dienone is 8. The van der Waals surface area contributed by atoms with Gasteiger partial charge in [0.25, 0.3) is 0 Å². The van der Waals surface area contributed by atoms with Crippen LogP contribution in [0.15, 0.2) is 70.7 Å². The minimum absolute atomic E-state index is 0.251. The maximum atomic E-state index is 12.9. The summed E-state index contributed by atoms with van der Waals surface area (Å²) in [6, 6.07) is 6.62. The van der Waals surface area contributed by atoms with Crippen molar-refractivity contribution in [1.29, 1.82) is 0 Å². The molecule has 1 aromatic rings. The average Bonchev–Trinajstić information content (AvgIpc) is 3.01. The van der Waals surface area contributed by atoms with Crippen molar-refractivity contribution < 1.29 is 21.6 Å². The SMILES string of the molecule is C\C=C/C(=C\C=C\C1=C(c2ccc(S(C)(=O)=O)cc2)CCC1)C(F)(F)F. The van der Waals surface area contributed by atoms with Crippen molar-refractivity contribution in [1.82, 2.24) is 0 Å². The maximum Gasteiger partial charge on any atom is 0.416 e. The lowest BCUT2D eigenvalue weighted by Gasteiger charge is -2.07. The lowest BCUT2D eigenvalue weighted by atomic mass is 10.0. The zero-order valence-corrected chi connectivity index (χ0v) is 15.5. The number of alkyl halides is 3. The summed E-state index contributed by atoms with van der Waals surface area (Å²) in [5.74, 6) is 0. The first-order chi connectivity index (χ1) is 12.1. The van der Waals surface area contributed by atoms with Gasteiger partial charge in [0.05, 0.1) is 10.5 Å². The van der Waals surface area contributed by atoms with Gasteiger partial charge in [-0.3, -0.25) is 0 Å². The first-order valence-electron chi connectivity index (χ1n) is 8.23. The summed E-state index contributed by atoms with van der Waals surface area (Å²) >= 11 is 0. The van der Waals surface area contributed by atoms with Crippen LogP contribution in [0.2, 0.25) is 0 Å². The number of rotatable bonds is 5. The van der Waals surface area contributed by atoms with E-state index in [1.165, 1.54) is 12.2 Å². The van der Waals surface area contributed by atoms with E-state index in [-0.39, 0.29) is 4.90 Å². The van der Waals surface area contributed by atoms with Crippen molar-refractivity contribution in [3.8, 4) is 0 Å². The van der Waals surface area contributed by atoms with Crippen LogP contribution < -0.4 is 0 Å². The molecule has 6 heteroatoms. The highest BCUT2D eigenvalue weighted by atomic mass is 32.2. The minimum Gasteiger partial charge on any atom is -0.224 e. The Morgan fingerprint density at radius 3 is 2.31 bits per heavy atom. The van der Waals surface area contributed by atoms with Gasteiger partial charge in [0.1, 0.15) is 0 Å². The number of halogens is 3. The molecule has 0 aliphatic heterocycles. The molecule has 0 saturated carbocycles. The standard InChI is InChI=1S/C20H21F3O2S/c1-3-6-17(20(21,22)23)9-4-7-15-8-5-10-19(15)16-11-13-18(14-12-16)26(2,24)25/h3-4,6-7,9,11-14H,5,8,10H2,1-2H3/b6-3-,7-4+,17-9+. The van der Waals surface area contributed by atoms with Crippen molar-refractivity contribution >= 4 is 15.4 Å². The first kappa shape index (κ1) is 20.2. The van der Waals surface area contributed by atoms with Crippen molar-refractivity contribution in [3.63, 3.8) is 0 Å². The Morgan fingerprint density at radius 2 is 1.77 bits per heavy atom. The Labute approximate surface area is 152 Å². The van der Waals surface area contributed by atoms with Gasteiger partial charge in [-0.25, -0.2) is 8.42 Å². The second kappa shape index (κ2) is 8.08. The van der Waals surface area contributed by atoms with Gasteiger partial charge in [-0.1, -0.05) is 42.5 Å². The van der Waals surface area contributed by atoms with Gasteiger partial charge in [-0.05, 0) is 55.0 Å². The molecular weight excluding hydrogens is 361 g/mol. The van der Waals surface area contributed by atoms with Crippen molar-refractivity contribution in [3.05, 3.63) is 71.4 Å². The quantitative estimate of drug-likeness (QED) is 0.617. The van der Waals surface area contributed by atoms with E-state index >= 15 is 0 Å². The molecule has 1 aliphatic rings. The molecule has 0 spiro atoms. The van der Waals surface area contributed by atoms with Gasteiger partial charge in [0, 0.05) is 6.26 Å². The summed E-state index contributed by atoms with van der Waals surface area (Å²) in [5, 5.41) is 0. The minimum atomic E-state index is -4.38. The molecule has 26 heavy (non-hydrogen) atoms. The Balaban J connectivity index is 2.30. The van der Waals surface area contributed by atoms with E-state index in [0.717, 1.165) is 54.4 Å². The lowest BCUT2D eigenvalue weighted by Crippen LogP contribution is -2.09. The van der Waals surface area contributed by atoms with Crippen LogP contribution in [0, 0.1) is 0 Å². The molecule has 0 heterocycles. The summed E-state index contributed by atoms with van der Waals surface area (Å²) < 4.78 is 61.7. The monoisotopic (exact) mass is 382 g/mol. The van der Waals surface area contributed by atoms with Crippen molar-refractivity contribution in [2.45, 2.75) is 37.3 Å². The van der Waals surface area contributed by atoms with E-state index in [4.69, 9.17) is 0 Å². The fourth-order valence-corrected chi connectivity index (χ4v) is 3.51. The van der Waals surface area contributed by atoms with Crippen LogP contribution in [0.5, 0.6) is 0 Å². The zero-order chi connectivity index (χ0) is 19.4. The predicted octanol–water partition coefficient (Wildman–Crippen LogP) is 5.65.